The van der Waals surface area contributed by atoms with E-state index in [-0.39, 0.29) is 6.03 Å². The lowest BCUT2D eigenvalue weighted by Gasteiger charge is -2.17. The van der Waals surface area contributed by atoms with Crippen LogP contribution >= 0.6 is 22.9 Å². The molecule has 0 saturated heterocycles. The molecule has 1 aromatic heterocycles. The second kappa shape index (κ2) is 6.61. The molecule has 3 N–H and O–H groups in total. The Morgan fingerprint density at radius 1 is 1.44 bits per heavy atom. The first-order valence-electron chi connectivity index (χ1n) is 5.41. The number of aliphatic carboxylic acids is 1. The van der Waals surface area contributed by atoms with Crippen molar-refractivity contribution >= 4 is 34.9 Å². The molecule has 18 heavy (non-hydrogen) atoms. The van der Waals surface area contributed by atoms with Crippen molar-refractivity contribution in [3.63, 3.8) is 0 Å². The highest BCUT2D eigenvalue weighted by molar-refractivity contribution is 7.16. The largest absolute Gasteiger partial charge is 0.481 e. The predicted octanol–water partition coefficient (Wildman–Crippen LogP) is 2.31. The van der Waals surface area contributed by atoms with Crippen molar-refractivity contribution in [1.29, 1.82) is 0 Å². The molecule has 0 aliphatic heterocycles. The normalized spacial score (nSPS) is 13.7. The molecule has 0 aliphatic rings. The third kappa shape index (κ3) is 4.54. The van der Waals surface area contributed by atoms with E-state index in [4.69, 9.17) is 16.7 Å². The van der Waals surface area contributed by atoms with Gasteiger partial charge in [0.1, 0.15) is 0 Å². The van der Waals surface area contributed by atoms with Gasteiger partial charge in [-0.3, -0.25) is 4.79 Å². The number of carboxylic acids is 1. The van der Waals surface area contributed by atoms with Crippen LogP contribution < -0.4 is 10.6 Å². The summed E-state index contributed by atoms with van der Waals surface area (Å²) in [5, 5.41) is 14.0. The first-order chi connectivity index (χ1) is 8.40. The van der Waals surface area contributed by atoms with Gasteiger partial charge in [-0.15, -0.1) is 11.3 Å². The third-order valence-corrected chi connectivity index (χ3v) is 3.78. The number of rotatable bonds is 5. The number of nitrogens with one attached hydrogen (secondary N) is 2. The molecular weight excluding hydrogens is 276 g/mol. The van der Waals surface area contributed by atoms with E-state index in [0.717, 1.165) is 4.88 Å². The molecule has 2 atom stereocenters. The summed E-state index contributed by atoms with van der Waals surface area (Å²) < 4.78 is 0.667. The second-order valence-corrected chi connectivity index (χ2v) is 5.75. The average Bonchev–Trinajstić information content (AvgIpc) is 2.71. The van der Waals surface area contributed by atoms with Gasteiger partial charge >= 0.3 is 12.0 Å². The van der Waals surface area contributed by atoms with E-state index in [1.807, 2.05) is 6.07 Å². The number of thiophene rings is 1. The Labute approximate surface area is 114 Å². The molecule has 1 rings (SSSR count). The van der Waals surface area contributed by atoms with Gasteiger partial charge in [0.05, 0.1) is 16.8 Å². The maximum absolute atomic E-state index is 11.5. The van der Waals surface area contributed by atoms with Crippen LogP contribution in [0.3, 0.4) is 0 Å². The molecule has 2 unspecified atom stereocenters. The van der Waals surface area contributed by atoms with Crippen LogP contribution in [0.1, 0.15) is 18.7 Å². The molecule has 2 amide bonds. The fraction of sp³-hybridized carbons (Fsp3) is 0.455. The van der Waals surface area contributed by atoms with Crippen molar-refractivity contribution in [3.05, 3.63) is 21.3 Å². The van der Waals surface area contributed by atoms with E-state index < -0.39 is 17.9 Å². The highest BCUT2D eigenvalue weighted by Gasteiger charge is 2.20. The molecule has 7 heteroatoms. The van der Waals surface area contributed by atoms with Crippen LogP contribution in [0.15, 0.2) is 12.1 Å². The maximum atomic E-state index is 11.5. The number of amides is 2. The minimum Gasteiger partial charge on any atom is -0.481 e. The van der Waals surface area contributed by atoms with Gasteiger partial charge in [0, 0.05) is 10.9 Å². The highest BCUT2D eigenvalue weighted by Crippen LogP contribution is 2.20. The first kappa shape index (κ1) is 14.8. The lowest BCUT2D eigenvalue weighted by atomic mass is 10.0. The SMILES string of the molecule is CC(NC(=O)NCc1ccc(Cl)s1)C(C)C(=O)O. The molecule has 1 aromatic rings. The van der Waals surface area contributed by atoms with E-state index in [1.165, 1.54) is 11.3 Å². The fourth-order valence-electron chi connectivity index (χ4n) is 1.21. The predicted molar refractivity (Wildman–Crippen MR) is 71.0 cm³/mol. The third-order valence-electron chi connectivity index (χ3n) is 2.55. The van der Waals surface area contributed by atoms with Gasteiger partial charge in [0.2, 0.25) is 0 Å². The Bertz CT molecular complexity index is 436. The topological polar surface area (TPSA) is 78.4 Å². The van der Waals surface area contributed by atoms with Crippen LogP contribution in [0.2, 0.25) is 4.34 Å². The molecule has 0 aliphatic carbocycles. The van der Waals surface area contributed by atoms with Crippen molar-refractivity contribution in [2.45, 2.75) is 26.4 Å². The van der Waals surface area contributed by atoms with Crippen molar-refractivity contribution in [2.75, 3.05) is 0 Å². The Kier molecular flexibility index (Phi) is 5.43. The molecule has 5 nitrogen and oxygen atoms in total. The molecule has 0 aromatic carbocycles. The zero-order valence-electron chi connectivity index (χ0n) is 10.1. The van der Waals surface area contributed by atoms with Gasteiger partial charge in [-0.1, -0.05) is 11.6 Å². The minimum atomic E-state index is -0.937. The standard InChI is InChI=1S/C11H15ClN2O3S/c1-6(10(15)16)7(2)14-11(17)13-5-8-3-4-9(12)18-8/h3-4,6-7H,5H2,1-2H3,(H,15,16)(H2,13,14,17). The quantitative estimate of drug-likeness (QED) is 0.778. The summed E-state index contributed by atoms with van der Waals surface area (Å²) in [7, 11) is 0. The summed E-state index contributed by atoms with van der Waals surface area (Å²) in [4.78, 5) is 23.2. The number of carbonyl (C=O) groups is 2. The summed E-state index contributed by atoms with van der Waals surface area (Å²) >= 11 is 7.15. The van der Waals surface area contributed by atoms with Crippen molar-refractivity contribution in [1.82, 2.24) is 10.6 Å². The monoisotopic (exact) mass is 290 g/mol. The van der Waals surface area contributed by atoms with Crippen LogP contribution in [0.4, 0.5) is 4.79 Å². The molecule has 1 heterocycles. The van der Waals surface area contributed by atoms with Gasteiger partial charge in [-0.05, 0) is 26.0 Å². The van der Waals surface area contributed by atoms with E-state index in [2.05, 4.69) is 10.6 Å². The number of urea groups is 1. The Hall–Kier alpha value is -1.27. The van der Waals surface area contributed by atoms with Gasteiger partial charge in [-0.25, -0.2) is 4.79 Å². The molecule has 0 saturated carbocycles. The highest BCUT2D eigenvalue weighted by atomic mass is 35.5. The second-order valence-electron chi connectivity index (χ2n) is 3.95. The fourth-order valence-corrected chi connectivity index (χ4v) is 2.24. The van der Waals surface area contributed by atoms with Gasteiger partial charge in [-0.2, -0.15) is 0 Å². The van der Waals surface area contributed by atoms with E-state index in [1.54, 1.807) is 19.9 Å². The van der Waals surface area contributed by atoms with Crippen LogP contribution in [-0.4, -0.2) is 23.1 Å². The van der Waals surface area contributed by atoms with E-state index in [0.29, 0.717) is 10.9 Å². The maximum Gasteiger partial charge on any atom is 0.315 e. The number of carboxylic acid groups (broad SMARTS) is 1. The lowest BCUT2D eigenvalue weighted by Crippen LogP contribution is -2.44. The van der Waals surface area contributed by atoms with Crippen molar-refractivity contribution < 1.29 is 14.7 Å². The Morgan fingerprint density at radius 3 is 2.61 bits per heavy atom. The molecule has 0 radical (unpaired) electrons. The summed E-state index contributed by atoms with van der Waals surface area (Å²) in [5.74, 6) is -1.57. The summed E-state index contributed by atoms with van der Waals surface area (Å²) in [6, 6.07) is 2.77. The van der Waals surface area contributed by atoms with E-state index in [9.17, 15) is 9.59 Å². The zero-order valence-corrected chi connectivity index (χ0v) is 11.6. The number of carbonyl (C=O) groups excluding carboxylic acids is 1. The van der Waals surface area contributed by atoms with Crippen LogP contribution in [0.5, 0.6) is 0 Å². The number of hydrogen-bond donors (Lipinski definition) is 3. The number of hydrogen-bond acceptors (Lipinski definition) is 3. The molecule has 100 valence electrons. The minimum absolute atomic E-state index is 0.372. The van der Waals surface area contributed by atoms with Crippen LogP contribution in [0, 0.1) is 5.92 Å². The smallest absolute Gasteiger partial charge is 0.315 e. The van der Waals surface area contributed by atoms with Crippen LogP contribution in [-0.2, 0) is 11.3 Å². The molecule has 0 bridgehead atoms. The lowest BCUT2D eigenvalue weighted by molar-refractivity contribution is -0.141. The molecule has 0 fully saturated rings. The average molecular weight is 291 g/mol. The van der Waals surface area contributed by atoms with Crippen LogP contribution in [0.25, 0.3) is 0 Å². The Morgan fingerprint density at radius 2 is 2.11 bits per heavy atom. The molecular formula is C11H15ClN2O3S. The molecule has 0 spiro atoms. The van der Waals surface area contributed by atoms with Gasteiger partial charge < -0.3 is 15.7 Å². The summed E-state index contributed by atoms with van der Waals surface area (Å²) in [6.45, 7) is 3.57. The number of halogens is 1. The van der Waals surface area contributed by atoms with Gasteiger partial charge in [0.25, 0.3) is 0 Å². The zero-order chi connectivity index (χ0) is 13.7. The first-order valence-corrected chi connectivity index (χ1v) is 6.61. The van der Waals surface area contributed by atoms with Crippen molar-refractivity contribution in [3.8, 4) is 0 Å². The van der Waals surface area contributed by atoms with Crippen molar-refractivity contribution in [2.24, 2.45) is 5.92 Å². The van der Waals surface area contributed by atoms with E-state index >= 15 is 0 Å². The van der Waals surface area contributed by atoms with Gasteiger partial charge in [0.15, 0.2) is 0 Å². The summed E-state index contributed by atoms with van der Waals surface area (Å²) in [6.07, 6.45) is 0. The Balaban J connectivity index is 2.35. The summed E-state index contributed by atoms with van der Waals surface area (Å²) in [5.41, 5.74) is 0.